The molecule has 0 unspecified atom stereocenters. The lowest BCUT2D eigenvalue weighted by molar-refractivity contribution is 0.321. The molecule has 0 aliphatic carbocycles. The number of ether oxygens (including phenoxy) is 1. The van der Waals surface area contributed by atoms with Crippen molar-refractivity contribution >= 4 is 11.6 Å². The standard InChI is InChI=1S/C10H12ClNO/c1-8(2)4-6-13-9-3-5-12-10(11)7-9/h3,5,7H,1,4,6H2,2H3. The fraction of sp³-hybridized carbons (Fsp3) is 0.300. The van der Waals surface area contributed by atoms with E-state index in [0.29, 0.717) is 11.8 Å². The first kappa shape index (κ1) is 10.1. The van der Waals surface area contributed by atoms with Gasteiger partial charge in [0.15, 0.2) is 0 Å². The molecular weight excluding hydrogens is 186 g/mol. The summed E-state index contributed by atoms with van der Waals surface area (Å²) in [5, 5.41) is 0.452. The molecule has 1 aromatic rings. The van der Waals surface area contributed by atoms with Crippen LogP contribution in [0.5, 0.6) is 5.75 Å². The Morgan fingerprint density at radius 2 is 2.46 bits per heavy atom. The average Bonchev–Trinajstić information content (AvgIpc) is 2.03. The normalized spacial score (nSPS) is 9.69. The maximum Gasteiger partial charge on any atom is 0.132 e. The van der Waals surface area contributed by atoms with Gasteiger partial charge in [-0.15, -0.1) is 6.58 Å². The Morgan fingerprint density at radius 3 is 3.08 bits per heavy atom. The van der Waals surface area contributed by atoms with Crippen LogP contribution in [0.25, 0.3) is 0 Å². The molecule has 13 heavy (non-hydrogen) atoms. The molecule has 0 saturated heterocycles. The molecule has 0 fully saturated rings. The highest BCUT2D eigenvalue weighted by Gasteiger charge is 1.95. The third-order valence-electron chi connectivity index (χ3n) is 1.50. The summed E-state index contributed by atoms with van der Waals surface area (Å²) in [6.45, 7) is 6.40. The molecule has 0 aromatic carbocycles. The molecule has 0 N–H and O–H groups in total. The molecule has 0 saturated carbocycles. The summed E-state index contributed by atoms with van der Waals surface area (Å²) in [5.74, 6) is 0.751. The van der Waals surface area contributed by atoms with Gasteiger partial charge in [-0.1, -0.05) is 17.2 Å². The summed E-state index contributed by atoms with van der Waals surface area (Å²) in [4.78, 5) is 3.85. The van der Waals surface area contributed by atoms with Gasteiger partial charge in [0.1, 0.15) is 10.9 Å². The fourth-order valence-electron chi connectivity index (χ4n) is 0.818. The highest BCUT2D eigenvalue weighted by molar-refractivity contribution is 6.29. The van der Waals surface area contributed by atoms with Crippen molar-refractivity contribution in [2.24, 2.45) is 0 Å². The topological polar surface area (TPSA) is 22.1 Å². The molecule has 0 radical (unpaired) electrons. The molecule has 2 nitrogen and oxygen atoms in total. The first-order chi connectivity index (χ1) is 6.18. The molecule has 0 bridgehead atoms. The van der Waals surface area contributed by atoms with E-state index in [9.17, 15) is 0 Å². The number of rotatable bonds is 4. The van der Waals surface area contributed by atoms with Gasteiger partial charge >= 0.3 is 0 Å². The van der Waals surface area contributed by atoms with Crippen LogP contribution in [0.15, 0.2) is 30.5 Å². The monoisotopic (exact) mass is 197 g/mol. The van der Waals surface area contributed by atoms with E-state index in [2.05, 4.69) is 11.6 Å². The second kappa shape index (κ2) is 4.87. The van der Waals surface area contributed by atoms with E-state index in [4.69, 9.17) is 16.3 Å². The summed E-state index contributed by atoms with van der Waals surface area (Å²) in [6, 6.07) is 3.48. The molecule has 0 aliphatic rings. The number of pyridine rings is 1. The van der Waals surface area contributed by atoms with Gasteiger partial charge in [0.25, 0.3) is 0 Å². The summed E-state index contributed by atoms with van der Waals surface area (Å²) in [6.07, 6.45) is 2.48. The SMILES string of the molecule is C=C(C)CCOc1ccnc(Cl)c1. The fourth-order valence-corrected chi connectivity index (χ4v) is 0.981. The van der Waals surface area contributed by atoms with Crippen LogP contribution < -0.4 is 4.74 Å². The first-order valence-electron chi connectivity index (χ1n) is 4.07. The average molecular weight is 198 g/mol. The minimum atomic E-state index is 0.452. The lowest BCUT2D eigenvalue weighted by atomic mass is 10.3. The van der Waals surface area contributed by atoms with Crippen molar-refractivity contribution in [2.75, 3.05) is 6.61 Å². The van der Waals surface area contributed by atoms with Crippen molar-refractivity contribution in [2.45, 2.75) is 13.3 Å². The smallest absolute Gasteiger partial charge is 0.132 e. The minimum absolute atomic E-state index is 0.452. The van der Waals surface area contributed by atoms with Crippen LogP contribution >= 0.6 is 11.6 Å². The summed E-state index contributed by atoms with van der Waals surface area (Å²) in [7, 11) is 0. The number of aromatic nitrogens is 1. The third kappa shape index (κ3) is 3.95. The Balaban J connectivity index is 2.41. The largest absolute Gasteiger partial charge is 0.493 e. The first-order valence-corrected chi connectivity index (χ1v) is 4.45. The Hall–Kier alpha value is -1.02. The highest BCUT2D eigenvalue weighted by Crippen LogP contribution is 2.14. The van der Waals surface area contributed by atoms with Gasteiger partial charge in [-0.3, -0.25) is 0 Å². The number of halogens is 1. The van der Waals surface area contributed by atoms with Crippen molar-refractivity contribution < 1.29 is 4.74 Å². The minimum Gasteiger partial charge on any atom is -0.493 e. The predicted octanol–water partition coefficient (Wildman–Crippen LogP) is 3.08. The van der Waals surface area contributed by atoms with E-state index in [1.807, 2.05) is 6.92 Å². The van der Waals surface area contributed by atoms with Crippen LogP contribution in [0.3, 0.4) is 0 Å². The second-order valence-corrected chi connectivity index (χ2v) is 3.26. The van der Waals surface area contributed by atoms with Crippen LogP contribution in [-0.2, 0) is 0 Å². The lowest BCUT2D eigenvalue weighted by Gasteiger charge is -2.05. The van der Waals surface area contributed by atoms with Gasteiger partial charge in [-0.2, -0.15) is 0 Å². The zero-order valence-electron chi connectivity index (χ0n) is 7.59. The number of hydrogen-bond donors (Lipinski definition) is 0. The quantitative estimate of drug-likeness (QED) is 0.547. The highest BCUT2D eigenvalue weighted by atomic mass is 35.5. The van der Waals surface area contributed by atoms with E-state index in [0.717, 1.165) is 17.7 Å². The van der Waals surface area contributed by atoms with Crippen molar-refractivity contribution in [1.82, 2.24) is 4.98 Å². The lowest BCUT2D eigenvalue weighted by Crippen LogP contribution is -1.97. The molecule has 1 aromatic heterocycles. The molecule has 3 heteroatoms. The van der Waals surface area contributed by atoms with Gasteiger partial charge in [0, 0.05) is 18.7 Å². The Kier molecular flexibility index (Phi) is 3.77. The molecule has 0 aliphatic heterocycles. The van der Waals surface area contributed by atoms with E-state index in [1.165, 1.54) is 0 Å². The Morgan fingerprint density at radius 1 is 1.69 bits per heavy atom. The molecule has 0 spiro atoms. The summed E-state index contributed by atoms with van der Waals surface area (Å²) in [5.41, 5.74) is 1.11. The molecular formula is C10H12ClNO. The second-order valence-electron chi connectivity index (χ2n) is 2.87. The Labute approximate surface area is 83.2 Å². The predicted molar refractivity (Wildman–Crippen MR) is 54.2 cm³/mol. The molecule has 1 rings (SSSR count). The summed E-state index contributed by atoms with van der Waals surface area (Å²) >= 11 is 5.68. The van der Waals surface area contributed by atoms with Gasteiger partial charge in [0.05, 0.1) is 6.61 Å². The number of hydrogen-bond acceptors (Lipinski definition) is 2. The van der Waals surface area contributed by atoms with E-state index >= 15 is 0 Å². The van der Waals surface area contributed by atoms with Crippen LogP contribution in [0.1, 0.15) is 13.3 Å². The van der Waals surface area contributed by atoms with Crippen LogP contribution in [-0.4, -0.2) is 11.6 Å². The van der Waals surface area contributed by atoms with Crippen LogP contribution in [0, 0.1) is 0 Å². The molecule has 70 valence electrons. The van der Waals surface area contributed by atoms with E-state index in [-0.39, 0.29) is 0 Å². The van der Waals surface area contributed by atoms with Gasteiger partial charge in [0.2, 0.25) is 0 Å². The van der Waals surface area contributed by atoms with Crippen molar-refractivity contribution in [1.29, 1.82) is 0 Å². The maximum absolute atomic E-state index is 5.68. The van der Waals surface area contributed by atoms with Crippen molar-refractivity contribution in [3.63, 3.8) is 0 Å². The molecule has 0 atom stereocenters. The van der Waals surface area contributed by atoms with Gasteiger partial charge in [-0.25, -0.2) is 4.98 Å². The van der Waals surface area contributed by atoms with Crippen molar-refractivity contribution in [3.8, 4) is 5.75 Å². The Bertz CT molecular complexity index is 299. The zero-order chi connectivity index (χ0) is 9.68. The van der Waals surface area contributed by atoms with E-state index < -0.39 is 0 Å². The molecule has 0 amide bonds. The summed E-state index contributed by atoms with van der Waals surface area (Å²) < 4.78 is 5.41. The third-order valence-corrected chi connectivity index (χ3v) is 1.70. The van der Waals surface area contributed by atoms with Gasteiger partial charge < -0.3 is 4.74 Å². The van der Waals surface area contributed by atoms with E-state index in [1.54, 1.807) is 18.3 Å². The van der Waals surface area contributed by atoms with Crippen LogP contribution in [0.4, 0.5) is 0 Å². The number of nitrogens with zero attached hydrogens (tertiary/aromatic N) is 1. The molecule has 1 heterocycles. The van der Waals surface area contributed by atoms with Crippen LogP contribution in [0.2, 0.25) is 5.15 Å². The van der Waals surface area contributed by atoms with Crippen molar-refractivity contribution in [3.05, 3.63) is 35.6 Å². The van der Waals surface area contributed by atoms with Gasteiger partial charge in [-0.05, 0) is 13.0 Å². The zero-order valence-corrected chi connectivity index (χ0v) is 8.34. The maximum atomic E-state index is 5.68.